The molecule has 0 bridgehead atoms. The Labute approximate surface area is 88.3 Å². The Bertz CT molecular complexity index is 183. The molecule has 84 valence electrons. The molecule has 1 rings (SSSR count). The van der Waals surface area contributed by atoms with Gasteiger partial charge in [0.1, 0.15) is 0 Å². The topological polar surface area (TPSA) is 23.5 Å². The van der Waals surface area contributed by atoms with E-state index in [0.29, 0.717) is 11.8 Å². The first-order valence-electron chi connectivity index (χ1n) is 5.75. The van der Waals surface area contributed by atoms with Crippen LogP contribution in [0, 0.1) is 11.8 Å². The van der Waals surface area contributed by atoms with E-state index in [4.69, 9.17) is 0 Å². The Hall–Kier alpha value is -0.0800. The maximum Gasteiger partial charge on any atom is 0.0698 e. The van der Waals surface area contributed by atoms with E-state index in [9.17, 15) is 5.11 Å². The summed E-state index contributed by atoms with van der Waals surface area (Å²) in [4.78, 5) is 2.39. The van der Waals surface area contributed by atoms with Gasteiger partial charge in [-0.3, -0.25) is 4.90 Å². The summed E-state index contributed by atoms with van der Waals surface area (Å²) in [6.45, 7) is 13.0. The molecule has 0 aliphatic carbocycles. The highest BCUT2D eigenvalue weighted by Crippen LogP contribution is 2.28. The molecule has 0 aromatic heterocycles. The van der Waals surface area contributed by atoms with Crippen molar-refractivity contribution in [3.05, 3.63) is 0 Å². The van der Waals surface area contributed by atoms with Gasteiger partial charge in [0.2, 0.25) is 0 Å². The van der Waals surface area contributed by atoms with Crippen molar-refractivity contribution in [3.8, 4) is 0 Å². The van der Waals surface area contributed by atoms with Crippen molar-refractivity contribution in [2.75, 3.05) is 13.1 Å². The van der Waals surface area contributed by atoms with E-state index in [1.54, 1.807) is 0 Å². The van der Waals surface area contributed by atoms with Crippen LogP contribution in [0.3, 0.4) is 0 Å². The van der Waals surface area contributed by atoms with E-state index in [-0.39, 0.29) is 11.6 Å². The van der Waals surface area contributed by atoms with Gasteiger partial charge in [-0.1, -0.05) is 13.8 Å². The van der Waals surface area contributed by atoms with Gasteiger partial charge >= 0.3 is 0 Å². The maximum absolute atomic E-state index is 10.0. The van der Waals surface area contributed by atoms with Crippen LogP contribution >= 0.6 is 0 Å². The lowest BCUT2D eigenvalue weighted by Gasteiger charge is -2.44. The summed E-state index contributed by atoms with van der Waals surface area (Å²) in [7, 11) is 0. The Morgan fingerprint density at radius 1 is 1.29 bits per heavy atom. The molecule has 2 nitrogen and oxygen atoms in total. The average Bonchev–Trinajstić information content (AvgIpc) is 2.01. The van der Waals surface area contributed by atoms with E-state index in [2.05, 4.69) is 39.5 Å². The van der Waals surface area contributed by atoms with Gasteiger partial charge in [-0.15, -0.1) is 0 Å². The van der Waals surface area contributed by atoms with Gasteiger partial charge in [0, 0.05) is 12.1 Å². The van der Waals surface area contributed by atoms with Gasteiger partial charge in [-0.2, -0.15) is 0 Å². The molecular formula is C12H25NO. The van der Waals surface area contributed by atoms with E-state index in [1.165, 1.54) is 0 Å². The molecule has 0 unspecified atom stereocenters. The first-order chi connectivity index (χ1) is 6.32. The fourth-order valence-corrected chi connectivity index (χ4v) is 2.34. The molecule has 1 fully saturated rings. The summed E-state index contributed by atoms with van der Waals surface area (Å²) >= 11 is 0. The Kier molecular flexibility index (Phi) is 3.59. The number of likely N-dealkylation sites (tertiary alicyclic amines) is 1. The van der Waals surface area contributed by atoms with Gasteiger partial charge in [0.05, 0.1) is 6.10 Å². The van der Waals surface area contributed by atoms with Crippen molar-refractivity contribution in [2.24, 2.45) is 11.8 Å². The minimum atomic E-state index is -0.136. The number of piperidine rings is 1. The van der Waals surface area contributed by atoms with Gasteiger partial charge in [-0.05, 0) is 45.6 Å². The molecule has 0 aromatic rings. The fraction of sp³-hybridized carbons (Fsp3) is 1.00. The smallest absolute Gasteiger partial charge is 0.0698 e. The van der Waals surface area contributed by atoms with Crippen LogP contribution in [-0.2, 0) is 0 Å². The lowest BCUT2D eigenvalue weighted by molar-refractivity contribution is -0.0290. The minimum Gasteiger partial charge on any atom is -0.391 e. The van der Waals surface area contributed by atoms with Crippen LogP contribution in [0.15, 0.2) is 0 Å². The molecule has 1 saturated heterocycles. The Morgan fingerprint density at radius 3 is 2.21 bits per heavy atom. The second-order valence-electron chi connectivity index (χ2n) is 5.88. The molecule has 1 aliphatic rings. The summed E-state index contributed by atoms with van der Waals surface area (Å²) < 4.78 is 0. The molecule has 1 heterocycles. The predicted octanol–water partition coefficient (Wildman–Crippen LogP) is 2.12. The van der Waals surface area contributed by atoms with Crippen LogP contribution in [0.5, 0.6) is 0 Å². The highest BCUT2D eigenvalue weighted by molar-refractivity contribution is 4.87. The molecule has 0 saturated carbocycles. The Balaban J connectivity index is 2.55. The van der Waals surface area contributed by atoms with Crippen LogP contribution in [0.4, 0.5) is 0 Å². The maximum atomic E-state index is 10.0. The lowest BCUT2D eigenvalue weighted by Crippen LogP contribution is -2.52. The molecule has 2 atom stereocenters. The number of rotatable bonds is 1. The van der Waals surface area contributed by atoms with E-state index in [0.717, 1.165) is 19.5 Å². The molecular weight excluding hydrogens is 174 g/mol. The van der Waals surface area contributed by atoms with Crippen LogP contribution in [-0.4, -0.2) is 34.7 Å². The summed E-state index contributed by atoms with van der Waals surface area (Å²) in [5.41, 5.74) is 0.197. The van der Waals surface area contributed by atoms with Gasteiger partial charge in [0.15, 0.2) is 0 Å². The van der Waals surface area contributed by atoms with Crippen molar-refractivity contribution < 1.29 is 5.11 Å². The second kappa shape index (κ2) is 4.19. The SMILES string of the molecule is CC(C)[C@@H]1CCN(C(C)(C)C)C[C@@H]1O. The molecule has 0 spiro atoms. The van der Waals surface area contributed by atoms with Crippen molar-refractivity contribution in [3.63, 3.8) is 0 Å². The molecule has 1 N–H and O–H groups in total. The summed E-state index contributed by atoms with van der Waals surface area (Å²) in [6, 6.07) is 0. The lowest BCUT2D eigenvalue weighted by atomic mass is 9.83. The average molecular weight is 199 g/mol. The van der Waals surface area contributed by atoms with Gasteiger partial charge in [-0.25, -0.2) is 0 Å². The normalized spacial score (nSPS) is 31.1. The third-order valence-electron chi connectivity index (χ3n) is 3.44. The Morgan fingerprint density at radius 2 is 1.86 bits per heavy atom. The van der Waals surface area contributed by atoms with E-state index in [1.807, 2.05) is 0 Å². The zero-order chi connectivity index (χ0) is 10.9. The fourth-order valence-electron chi connectivity index (χ4n) is 2.34. The molecule has 0 radical (unpaired) electrons. The van der Waals surface area contributed by atoms with Gasteiger partial charge in [0.25, 0.3) is 0 Å². The van der Waals surface area contributed by atoms with Crippen LogP contribution in [0.25, 0.3) is 0 Å². The largest absolute Gasteiger partial charge is 0.391 e. The quantitative estimate of drug-likeness (QED) is 0.699. The summed E-state index contributed by atoms with van der Waals surface area (Å²) in [6.07, 6.45) is 0.999. The zero-order valence-corrected chi connectivity index (χ0v) is 10.2. The van der Waals surface area contributed by atoms with Gasteiger partial charge < -0.3 is 5.11 Å². The highest BCUT2D eigenvalue weighted by Gasteiger charge is 2.33. The minimum absolute atomic E-state index is 0.136. The number of hydrogen-bond acceptors (Lipinski definition) is 2. The van der Waals surface area contributed by atoms with Crippen molar-refractivity contribution in [1.29, 1.82) is 0 Å². The number of hydrogen-bond donors (Lipinski definition) is 1. The number of aliphatic hydroxyl groups is 1. The van der Waals surface area contributed by atoms with Crippen LogP contribution < -0.4 is 0 Å². The monoisotopic (exact) mass is 199 g/mol. The second-order valence-corrected chi connectivity index (χ2v) is 5.88. The number of nitrogens with zero attached hydrogens (tertiary/aromatic N) is 1. The third kappa shape index (κ3) is 2.71. The molecule has 1 aliphatic heterocycles. The molecule has 2 heteroatoms. The number of aliphatic hydroxyl groups excluding tert-OH is 1. The first-order valence-corrected chi connectivity index (χ1v) is 5.75. The van der Waals surface area contributed by atoms with Crippen molar-refractivity contribution in [1.82, 2.24) is 4.90 Å². The standard InChI is InChI=1S/C12H25NO/c1-9(2)10-6-7-13(8-11(10)14)12(3,4)5/h9-11,14H,6-8H2,1-5H3/t10-,11-/m0/s1. The highest BCUT2D eigenvalue weighted by atomic mass is 16.3. The van der Waals surface area contributed by atoms with Crippen LogP contribution in [0.2, 0.25) is 0 Å². The zero-order valence-electron chi connectivity index (χ0n) is 10.2. The van der Waals surface area contributed by atoms with Crippen molar-refractivity contribution >= 4 is 0 Å². The van der Waals surface area contributed by atoms with E-state index >= 15 is 0 Å². The van der Waals surface area contributed by atoms with Crippen molar-refractivity contribution in [2.45, 2.75) is 52.7 Å². The van der Waals surface area contributed by atoms with Crippen LogP contribution in [0.1, 0.15) is 41.0 Å². The summed E-state index contributed by atoms with van der Waals surface area (Å²) in [5, 5.41) is 10.0. The molecule has 0 amide bonds. The first kappa shape index (κ1) is 12.0. The predicted molar refractivity (Wildman–Crippen MR) is 60.3 cm³/mol. The summed E-state index contributed by atoms with van der Waals surface area (Å²) in [5.74, 6) is 1.10. The number of β-amino-alcohol motifs (C(OH)–C–C–N with tert-alkyl or cyclic N) is 1. The molecule has 0 aromatic carbocycles. The molecule has 14 heavy (non-hydrogen) atoms. The third-order valence-corrected chi connectivity index (χ3v) is 3.44. The van der Waals surface area contributed by atoms with E-state index < -0.39 is 0 Å².